The van der Waals surface area contributed by atoms with Crippen molar-refractivity contribution in [1.29, 1.82) is 0 Å². The first-order valence-electron chi connectivity index (χ1n) is 6.62. The van der Waals surface area contributed by atoms with Gasteiger partial charge in [0.05, 0.1) is 0 Å². The number of halogens is 1. The van der Waals surface area contributed by atoms with Crippen LogP contribution < -0.4 is 0 Å². The molecule has 0 aliphatic rings. The van der Waals surface area contributed by atoms with Crippen LogP contribution in [-0.2, 0) is 14.5 Å². The summed E-state index contributed by atoms with van der Waals surface area (Å²) in [6, 6.07) is 0. The van der Waals surface area contributed by atoms with Gasteiger partial charge in [-0.05, 0) is 6.42 Å². The maximum atomic E-state index is 11.4. The molecule has 1 atom stereocenters. The number of ketones is 1. The van der Waals surface area contributed by atoms with Gasteiger partial charge in [-0.3, -0.25) is 9.68 Å². The first kappa shape index (κ1) is 17.4. The molecule has 0 aliphatic carbocycles. The lowest BCUT2D eigenvalue weighted by Gasteiger charge is -2.05. The minimum atomic E-state index is -1.08. The molecule has 5 heteroatoms. The van der Waals surface area contributed by atoms with Crippen LogP contribution in [0.3, 0.4) is 0 Å². The molecule has 0 heterocycles. The highest BCUT2D eigenvalue weighted by Gasteiger charge is 2.20. The summed E-state index contributed by atoms with van der Waals surface area (Å²) in [6.07, 6.45) is 8.37. The second kappa shape index (κ2) is 11.5. The van der Waals surface area contributed by atoms with E-state index in [1.165, 1.54) is 25.7 Å². The summed E-state index contributed by atoms with van der Waals surface area (Å²) in [5, 5.41) is 7.01. The summed E-state index contributed by atoms with van der Waals surface area (Å²) in [7, 11) is 0. The predicted octanol–water partition coefficient (Wildman–Crippen LogP) is 3.71. The number of rotatable bonds is 11. The summed E-state index contributed by atoms with van der Waals surface area (Å²) in [5.41, 5.74) is 0. The van der Waals surface area contributed by atoms with Gasteiger partial charge in [0.1, 0.15) is 11.2 Å². The third-order valence-electron chi connectivity index (χ3n) is 2.81. The molecular weight excluding hydrogens is 256 g/mol. The highest BCUT2D eigenvalue weighted by atomic mass is 35.5. The highest BCUT2D eigenvalue weighted by molar-refractivity contribution is 6.30. The van der Waals surface area contributed by atoms with Crippen LogP contribution >= 0.6 is 11.6 Å². The summed E-state index contributed by atoms with van der Waals surface area (Å²) >= 11 is 5.57. The Bertz CT molecular complexity index is 243. The van der Waals surface area contributed by atoms with E-state index < -0.39 is 11.3 Å². The molecule has 1 unspecified atom stereocenters. The van der Waals surface area contributed by atoms with E-state index in [0.717, 1.165) is 19.3 Å². The van der Waals surface area contributed by atoms with Gasteiger partial charge in [-0.1, -0.05) is 45.4 Å². The van der Waals surface area contributed by atoms with Crippen LogP contribution in [0.2, 0.25) is 0 Å². The number of carbonyl (C=O) groups excluding carboxylic acids is 2. The van der Waals surface area contributed by atoms with Gasteiger partial charge in [-0.25, -0.2) is 4.79 Å². The van der Waals surface area contributed by atoms with Gasteiger partial charge in [-0.15, -0.1) is 11.6 Å². The van der Waals surface area contributed by atoms with E-state index >= 15 is 0 Å². The lowest BCUT2D eigenvalue weighted by atomic mass is 10.0. The van der Waals surface area contributed by atoms with Crippen molar-refractivity contribution in [3.05, 3.63) is 0 Å². The summed E-state index contributed by atoms with van der Waals surface area (Å²) in [5.74, 6) is -1.03. The van der Waals surface area contributed by atoms with Gasteiger partial charge < -0.3 is 0 Å². The average molecular weight is 279 g/mol. The third-order valence-corrected chi connectivity index (χ3v) is 3.14. The van der Waals surface area contributed by atoms with Gasteiger partial charge in [0, 0.05) is 12.8 Å². The molecule has 0 fully saturated rings. The van der Waals surface area contributed by atoms with Gasteiger partial charge in [0.15, 0.2) is 0 Å². The van der Waals surface area contributed by atoms with Crippen LogP contribution in [-0.4, -0.2) is 22.4 Å². The quantitative estimate of drug-likeness (QED) is 0.271. The van der Waals surface area contributed by atoms with Crippen molar-refractivity contribution in [2.24, 2.45) is 0 Å². The minimum absolute atomic E-state index is 0.0611. The van der Waals surface area contributed by atoms with Crippen molar-refractivity contribution < 1.29 is 19.7 Å². The lowest BCUT2D eigenvalue weighted by molar-refractivity contribution is -0.233. The van der Waals surface area contributed by atoms with Crippen LogP contribution in [0.1, 0.15) is 64.7 Å². The zero-order valence-electron chi connectivity index (χ0n) is 11.0. The molecule has 4 nitrogen and oxygen atoms in total. The van der Waals surface area contributed by atoms with Crippen molar-refractivity contribution in [1.82, 2.24) is 0 Å². The van der Waals surface area contributed by atoms with Crippen molar-refractivity contribution >= 4 is 23.4 Å². The standard InChI is InChI=1S/C13H23ClO4/c1-2-3-4-5-6-7-8-9-11(15)10-12(14)13(16)18-17/h12,17H,2-10H2,1H3. The second-order valence-corrected chi connectivity index (χ2v) is 5.02. The number of Topliss-reactive ketones (excluding diaryl/α,β-unsaturated/α-hetero) is 1. The molecule has 0 saturated carbocycles. The van der Waals surface area contributed by atoms with E-state index in [-0.39, 0.29) is 12.2 Å². The Balaban J connectivity index is 3.45. The van der Waals surface area contributed by atoms with E-state index in [1.54, 1.807) is 0 Å². The molecule has 106 valence electrons. The van der Waals surface area contributed by atoms with Crippen LogP contribution in [0.15, 0.2) is 0 Å². The number of alkyl halides is 1. The maximum absolute atomic E-state index is 11.4. The molecule has 0 aromatic rings. The number of hydrogen-bond acceptors (Lipinski definition) is 4. The molecule has 1 N–H and O–H groups in total. The fraction of sp³-hybridized carbons (Fsp3) is 0.846. The molecular formula is C13H23ClO4. The molecule has 0 radical (unpaired) electrons. The van der Waals surface area contributed by atoms with Crippen LogP contribution in [0.25, 0.3) is 0 Å². The van der Waals surface area contributed by atoms with E-state index in [0.29, 0.717) is 6.42 Å². The van der Waals surface area contributed by atoms with Crippen LogP contribution in [0.4, 0.5) is 0 Å². The topological polar surface area (TPSA) is 63.6 Å². The molecule has 0 rings (SSSR count). The molecule has 0 spiro atoms. The number of hydrogen-bond donors (Lipinski definition) is 1. The van der Waals surface area contributed by atoms with Crippen molar-refractivity contribution in [3.8, 4) is 0 Å². The van der Waals surface area contributed by atoms with Crippen molar-refractivity contribution in [3.63, 3.8) is 0 Å². The summed E-state index contributed by atoms with van der Waals surface area (Å²) < 4.78 is 0. The van der Waals surface area contributed by atoms with Gasteiger partial charge in [-0.2, -0.15) is 5.26 Å². The van der Waals surface area contributed by atoms with Gasteiger partial charge in [0.25, 0.3) is 0 Å². The fourth-order valence-corrected chi connectivity index (χ4v) is 1.93. The second-order valence-electron chi connectivity index (χ2n) is 4.49. The van der Waals surface area contributed by atoms with Gasteiger partial charge in [0.2, 0.25) is 0 Å². The molecule has 0 bridgehead atoms. The van der Waals surface area contributed by atoms with Crippen LogP contribution in [0, 0.1) is 0 Å². The fourth-order valence-electron chi connectivity index (χ4n) is 1.72. The van der Waals surface area contributed by atoms with E-state index in [2.05, 4.69) is 11.8 Å². The average Bonchev–Trinajstić information content (AvgIpc) is 2.36. The molecule has 0 aromatic carbocycles. The van der Waals surface area contributed by atoms with E-state index in [1.807, 2.05) is 0 Å². The zero-order valence-corrected chi connectivity index (χ0v) is 11.7. The van der Waals surface area contributed by atoms with Gasteiger partial charge >= 0.3 is 5.97 Å². The monoisotopic (exact) mass is 278 g/mol. The smallest absolute Gasteiger partial charge is 0.300 e. The third kappa shape index (κ3) is 9.42. The van der Waals surface area contributed by atoms with E-state index in [4.69, 9.17) is 16.9 Å². The Labute approximate surface area is 114 Å². The first-order chi connectivity index (χ1) is 8.61. The van der Waals surface area contributed by atoms with E-state index in [9.17, 15) is 9.59 Å². The zero-order chi connectivity index (χ0) is 13.8. The SMILES string of the molecule is CCCCCCCCCC(=O)CC(Cl)C(=O)OO. The maximum Gasteiger partial charge on any atom is 0.360 e. The van der Waals surface area contributed by atoms with Crippen molar-refractivity contribution in [2.45, 2.75) is 70.1 Å². The minimum Gasteiger partial charge on any atom is -0.300 e. The first-order valence-corrected chi connectivity index (χ1v) is 7.06. The molecule has 18 heavy (non-hydrogen) atoms. The Kier molecular flexibility index (Phi) is 11.1. The highest BCUT2D eigenvalue weighted by Crippen LogP contribution is 2.11. The van der Waals surface area contributed by atoms with Crippen LogP contribution in [0.5, 0.6) is 0 Å². The molecule has 0 saturated heterocycles. The number of carbonyl (C=O) groups is 2. The largest absolute Gasteiger partial charge is 0.360 e. The predicted molar refractivity (Wildman–Crippen MR) is 70.6 cm³/mol. The molecule has 0 aliphatic heterocycles. The Morgan fingerprint density at radius 1 is 1.11 bits per heavy atom. The Hall–Kier alpha value is -0.610. The van der Waals surface area contributed by atoms with Crippen molar-refractivity contribution in [2.75, 3.05) is 0 Å². The lowest BCUT2D eigenvalue weighted by Crippen LogP contribution is -2.20. The summed E-state index contributed by atoms with van der Waals surface area (Å²) in [6.45, 7) is 2.18. The Morgan fingerprint density at radius 3 is 2.22 bits per heavy atom. The normalized spacial score (nSPS) is 12.2. The Morgan fingerprint density at radius 2 is 1.67 bits per heavy atom. The summed E-state index contributed by atoms with van der Waals surface area (Å²) in [4.78, 5) is 25.7. The molecule has 0 amide bonds. The molecule has 0 aromatic heterocycles. The number of unbranched alkanes of at least 4 members (excludes halogenated alkanes) is 6.